The second-order valence-electron chi connectivity index (χ2n) is 0. The first kappa shape index (κ1) is 904. The quantitative estimate of drug-likeness (QED) is 0.394. The molecule has 0 bridgehead atoms. The van der Waals surface area contributed by atoms with Gasteiger partial charge in [0, 0.05) is 9.90 Å². The fraction of sp³-hybridized carbons (Fsp3) is 0. The van der Waals surface area contributed by atoms with E-state index < -0.39 is 0 Å². The van der Waals surface area contributed by atoms with Crippen LogP contribution in [0.15, 0.2) is 0 Å². The summed E-state index contributed by atoms with van der Waals surface area (Å²) >= 11 is 0. The van der Waals surface area contributed by atoms with Gasteiger partial charge in [0.2, 0.25) is 0 Å². The smallest absolute Gasteiger partial charge is 0 e. The highest BCUT2D eigenvalue weighted by molar-refractivity contribution is 6.92. The molecule has 0 aliphatic heterocycles. The van der Waals surface area contributed by atoms with Crippen LogP contribution in [0.5, 0.6) is 0 Å². The van der Waals surface area contributed by atoms with Crippen LogP contribution in [-0.2, 0) is 0 Å². The largest absolute Gasteiger partial charge is 0.269 e. The third kappa shape index (κ3) is 68.3. The van der Waals surface area contributed by atoms with Crippen LogP contribution in [0, 0.1) is 0 Å². The van der Waals surface area contributed by atoms with Crippen LogP contribution >= 0.6 is 9.90 Å². The van der Waals surface area contributed by atoms with E-state index in [1.54, 1.807) is 0 Å². The lowest BCUT2D eigenvalue weighted by molar-refractivity contribution is 1.11. The highest BCUT2D eigenvalue weighted by Crippen LogP contribution is 0.861. The van der Waals surface area contributed by atoms with Crippen LogP contribution in [0.3, 0.4) is 0 Å². The Morgan fingerprint density at radius 3 is 0.500 bits per heavy atom. The van der Waals surface area contributed by atoms with Crippen LogP contribution in [0.2, 0.25) is 0 Å². The van der Waals surface area contributed by atoms with E-state index in [-0.39, 0.29) is 24.0 Å². The van der Waals surface area contributed by atoms with Crippen molar-refractivity contribution in [2.24, 2.45) is 0 Å². The molecule has 0 unspecified atom stereocenters. The average Bonchev–Trinajstić information content (AvgIpc) is 0. The second-order valence-corrected chi connectivity index (χ2v) is 0. The van der Waals surface area contributed by atoms with E-state index >= 15 is 0 Å². The van der Waals surface area contributed by atoms with Crippen LogP contribution in [0.4, 0.5) is 14.1 Å². The van der Waals surface area contributed by atoms with E-state index in [4.69, 9.17) is 0 Å². The van der Waals surface area contributed by atoms with Gasteiger partial charge in [-0.15, -0.1) is 0 Å². The Bertz CT molecular complexity index is 3.25. The maximum Gasteiger partial charge on any atom is 0 e. The van der Waals surface area contributed by atoms with Crippen molar-refractivity contribution in [3.05, 3.63) is 0 Å². The Kier molecular flexibility index (Phi) is 74100. The fourth-order valence-electron chi connectivity index (χ4n) is 0. The Balaban J connectivity index is 0. The van der Waals surface area contributed by atoms with Crippen LogP contribution < -0.4 is 0 Å². The van der Waals surface area contributed by atoms with Crippen molar-refractivity contribution in [1.82, 2.24) is 0 Å². The molecule has 0 spiro atoms. The molecule has 0 nitrogen and oxygen atoms in total. The summed E-state index contributed by atoms with van der Waals surface area (Å²) in [6.07, 6.45) is 0. The molecule has 0 amide bonds. The lowest BCUT2D eigenvalue weighted by Gasteiger charge is -0.270. The molecule has 0 aliphatic carbocycles. The molecule has 0 saturated heterocycles. The van der Waals surface area contributed by atoms with Gasteiger partial charge >= 0.3 is 0 Å². The van der Waals surface area contributed by atoms with Gasteiger partial charge in [-0.3, -0.25) is 14.1 Å². The zero-order valence-electron chi connectivity index (χ0n) is 1.67. The molecule has 4 heteroatoms. The summed E-state index contributed by atoms with van der Waals surface area (Å²) in [5.41, 5.74) is 0. The summed E-state index contributed by atoms with van der Waals surface area (Å²) in [5, 5.41) is 0. The molecule has 0 rings (SSSR count). The lowest BCUT2D eigenvalue weighted by Crippen LogP contribution is 0.419. The summed E-state index contributed by atoms with van der Waals surface area (Å²) in [5.74, 6) is 0. The van der Waals surface area contributed by atoms with Crippen molar-refractivity contribution < 1.29 is 14.1 Å². The molecule has 0 saturated carbocycles. The Labute approximate surface area is 25.3 Å². The Morgan fingerprint density at radius 2 is 0.500 bits per heavy atom. The summed E-state index contributed by atoms with van der Waals surface area (Å²) in [7, 11) is 0. The normalized spacial score (nSPS) is 0. The average molecular weight is 91.0 g/mol. The third-order valence-electron chi connectivity index (χ3n) is 0. The molecule has 0 fully saturated rings. The Morgan fingerprint density at radius 1 is 0.500 bits per heavy atom. The van der Waals surface area contributed by atoms with E-state index in [1.165, 1.54) is 0 Å². The van der Waals surface area contributed by atoms with E-state index in [0.717, 1.165) is 0 Å². The van der Waals surface area contributed by atoms with Gasteiger partial charge in [-0.1, -0.05) is 0 Å². The summed E-state index contributed by atoms with van der Waals surface area (Å²) in [4.78, 5) is 0. The van der Waals surface area contributed by atoms with E-state index in [2.05, 4.69) is 0 Å². The van der Waals surface area contributed by atoms with Gasteiger partial charge in [-0.25, -0.2) is 0 Å². The predicted octanol–water partition coefficient (Wildman–Crippen LogP) is 1.32. The fourth-order valence-corrected chi connectivity index (χ4v) is 0. The summed E-state index contributed by atoms with van der Waals surface area (Å²) in [6.45, 7) is 0. The molecule has 0 aromatic carbocycles. The molecule has 0 atom stereocenters. The number of rotatable bonds is 0. The van der Waals surface area contributed by atoms with Gasteiger partial charge in [0.1, 0.15) is 0 Å². The van der Waals surface area contributed by atoms with Gasteiger partial charge in [-0.2, -0.15) is 0 Å². The molecule has 29 valence electrons. The summed E-state index contributed by atoms with van der Waals surface area (Å²) < 4.78 is 0. The highest BCUT2D eigenvalue weighted by atomic mass is 31.0. The van der Waals surface area contributed by atoms with Crippen molar-refractivity contribution in [2.45, 2.75) is 0 Å². The SMILES string of the molecule is F.F.F.[P]. The molecular weight excluding hydrogens is 88.0 g/mol. The topological polar surface area (TPSA) is 0 Å². The standard InChI is InChI=1S/3FH.P/h3*1H;. The summed E-state index contributed by atoms with van der Waals surface area (Å²) in [6, 6.07) is 0. The zero-order chi connectivity index (χ0) is 0. The molecule has 0 aromatic rings. The highest BCUT2D eigenvalue weighted by Gasteiger charge is 0.0000112. The molecule has 0 aliphatic rings. The van der Waals surface area contributed by atoms with E-state index in [9.17, 15) is 0 Å². The lowest BCUT2D eigenvalue weighted by atomic mass is 19.0. The molecule has 0 aromatic heterocycles. The van der Waals surface area contributed by atoms with Gasteiger partial charge in [0.25, 0.3) is 0 Å². The minimum absolute atomic E-state index is 0. The van der Waals surface area contributed by atoms with Crippen molar-refractivity contribution in [3.8, 4) is 0 Å². The Hall–Kier alpha value is 0.220. The second kappa shape index (κ2) is 328. The minimum atomic E-state index is 0. The first-order chi connectivity index (χ1) is 0. The number of hydrogen-bond donors (Lipinski definition) is 0. The zero-order valence-corrected chi connectivity index (χ0v) is 2.57. The van der Waals surface area contributed by atoms with Crippen molar-refractivity contribution >= 4 is 9.90 Å². The predicted molar refractivity (Wildman–Crippen MR) is 14.4 cm³/mol. The van der Waals surface area contributed by atoms with Crippen molar-refractivity contribution in [2.75, 3.05) is 0 Å². The maximum atomic E-state index is 0. The monoisotopic (exact) mass is 91.0 g/mol. The molecular formula is H3F3P. The molecule has 0 heterocycles. The van der Waals surface area contributed by atoms with Crippen LogP contribution in [0.25, 0.3) is 0 Å². The van der Waals surface area contributed by atoms with E-state index in [0.29, 0.717) is 0 Å². The van der Waals surface area contributed by atoms with Gasteiger partial charge in [0.15, 0.2) is 0 Å². The van der Waals surface area contributed by atoms with Crippen molar-refractivity contribution in [3.63, 3.8) is 0 Å². The number of halogens is 3. The van der Waals surface area contributed by atoms with Crippen molar-refractivity contribution in [1.29, 1.82) is 0 Å². The number of hydrogen-bond acceptors (Lipinski definition) is 0. The molecule has 4 heavy (non-hydrogen) atoms. The first-order valence-corrected chi connectivity index (χ1v) is 0. The van der Waals surface area contributed by atoms with Gasteiger partial charge in [0.05, 0.1) is 0 Å². The molecule has 3 radical (unpaired) electrons. The molecule has 0 N–H and O–H groups in total. The third-order valence-corrected chi connectivity index (χ3v) is 0. The minimum Gasteiger partial charge on any atom is -0.269 e. The first-order valence-electron chi connectivity index (χ1n) is 0. The van der Waals surface area contributed by atoms with Gasteiger partial charge < -0.3 is 0 Å². The maximum absolute atomic E-state index is 0. The van der Waals surface area contributed by atoms with Gasteiger partial charge in [-0.05, 0) is 0 Å². The van der Waals surface area contributed by atoms with Crippen LogP contribution in [-0.4, -0.2) is 0 Å². The van der Waals surface area contributed by atoms with Crippen LogP contribution in [0.1, 0.15) is 0 Å². The van der Waals surface area contributed by atoms with E-state index in [1.807, 2.05) is 0 Å².